The van der Waals surface area contributed by atoms with Crippen molar-refractivity contribution < 1.29 is 13.6 Å². The Morgan fingerprint density at radius 3 is 2.33 bits per heavy atom. The molecule has 0 fully saturated rings. The van der Waals surface area contributed by atoms with Crippen molar-refractivity contribution in [3.05, 3.63) is 29.8 Å². The molecule has 78 valence electrons. The first kappa shape index (κ1) is 9.57. The third-order valence-electron chi connectivity index (χ3n) is 1.89. The van der Waals surface area contributed by atoms with Crippen LogP contribution in [0.2, 0.25) is 0 Å². The predicted octanol–water partition coefficient (Wildman–Crippen LogP) is 0.974. The number of anilines is 1. The minimum Gasteiger partial charge on any atom is -0.385 e. The maximum atomic E-state index is 12.8. The van der Waals surface area contributed by atoms with Crippen LogP contribution in [0.1, 0.15) is 6.42 Å². The van der Waals surface area contributed by atoms with Gasteiger partial charge in [-0.2, -0.15) is 10.1 Å². The molecule has 1 amide bonds. The van der Waals surface area contributed by atoms with E-state index in [4.69, 9.17) is 5.73 Å². The molecule has 0 bridgehead atoms. The molecule has 1 aliphatic rings. The third kappa shape index (κ3) is 1.78. The van der Waals surface area contributed by atoms with E-state index in [-0.39, 0.29) is 17.9 Å². The lowest BCUT2D eigenvalue weighted by Crippen LogP contribution is -2.19. The molecule has 1 heterocycles. The van der Waals surface area contributed by atoms with Gasteiger partial charge < -0.3 is 5.73 Å². The van der Waals surface area contributed by atoms with E-state index in [2.05, 4.69) is 5.10 Å². The van der Waals surface area contributed by atoms with Crippen molar-refractivity contribution in [3.63, 3.8) is 0 Å². The van der Waals surface area contributed by atoms with Gasteiger partial charge in [-0.15, -0.1) is 0 Å². The summed E-state index contributed by atoms with van der Waals surface area (Å²) in [5, 5.41) is 4.56. The van der Waals surface area contributed by atoms with Crippen molar-refractivity contribution >= 4 is 17.4 Å². The summed E-state index contributed by atoms with van der Waals surface area (Å²) in [7, 11) is 0. The number of rotatable bonds is 1. The highest BCUT2D eigenvalue weighted by atomic mass is 19.1. The Morgan fingerprint density at radius 2 is 1.87 bits per heavy atom. The normalized spacial score (nSPS) is 15.7. The van der Waals surface area contributed by atoms with Crippen LogP contribution in [0.3, 0.4) is 0 Å². The third-order valence-corrected chi connectivity index (χ3v) is 1.89. The molecule has 6 heteroatoms. The molecular formula is C9H7F2N3O. The van der Waals surface area contributed by atoms with Crippen LogP contribution >= 0.6 is 0 Å². The topological polar surface area (TPSA) is 58.7 Å². The molecule has 0 radical (unpaired) electrons. The molecule has 15 heavy (non-hydrogen) atoms. The van der Waals surface area contributed by atoms with Gasteiger partial charge in [-0.1, -0.05) is 0 Å². The van der Waals surface area contributed by atoms with Crippen molar-refractivity contribution in [2.75, 3.05) is 5.01 Å². The van der Waals surface area contributed by atoms with Gasteiger partial charge in [0, 0.05) is 6.07 Å². The molecule has 0 spiro atoms. The molecule has 0 saturated heterocycles. The zero-order chi connectivity index (χ0) is 11.0. The summed E-state index contributed by atoms with van der Waals surface area (Å²) in [6, 6.07) is 2.75. The molecule has 4 nitrogen and oxygen atoms in total. The summed E-state index contributed by atoms with van der Waals surface area (Å²) in [5.41, 5.74) is 5.37. The van der Waals surface area contributed by atoms with Crippen molar-refractivity contribution in [3.8, 4) is 0 Å². The van der Waals surface area contributed by atoms with Gasteiger partial charge in [-0.3, -0.25) is 4.79 Å². The molecule has 2 rings (SSSR count). The Bertz CT molecular complexity index is 438. The van der Waals surface area contributed by atoms with E-state index in [1.54, 1.807) is 0 Å². The average molecular weight is 211 g/mol. The second kappa shape index (κ2) is 3.30. The van der Waals surface area contributed by atoms with Gasteiger partial charge in [0.25, 0.3) is 5.91 Å². The Labute approximate surface area is 84.0 Å². The zero-order valence-corrected chi connectivity index (χ0v) is 7.58. The smallest absolute Gasteiger partial charge is 0.255 e. The van der Waals surface area contributed by atoms with Crippen molar-refractivity contribution in [1.29, 1.82) is 0 Å². The summed E-state index contributed by atoms with van der Waals surface area (Å²) in [6.45, 7) is 0. The Morgan fingerprint density at radius 1 is 1.27 bits per heavy atom. The number of hydrazone groups is 1. The monoisotopic (exact) mass is 211 g/mol. The SMILES string of the molecule is NC1=NN(c2cc(F)cc(F)c2)C(=O)C1. The maximum absolute atomic E-state index is 12.8. The van der Waals surface area contributed by atoms with Crippen LogP contribution in [0.15, 0.2) is 23.3 Å². The summed E-state index contributed by atoms with van der Waals surface area (Å²) in [5.74, 6) is -1.81. The van der Waals surface area contributed by atoms with Gasteiger partial charge in [0.05, 0.1) is 12.1 Å². The highest BCUT2D eigenvalue weighted by Gasteiger charge is 2.24. The van der Waals surface area contributed by atoms with E-state index >= 15 is 0 Å². The van der Waals surface area contributed by atoms with E-state index in [1.807, 2.05) is 0 Å². The van der Waals surface area contributed by atoms with Gasteiger partial charge in [0.1, 0.15) is 17.5 Å². The van der Waals surface area contributed by atoms with Crippen molar-refractivity contribution in [2.45, 2.75) is 6.42 Å². The van der Waals surface area contributed by atoms with Gasteiger partial charge in [0.15, 0.2) is 0 Å². The highest BCUT2D eigenvalue weighted by molar-refractivity contribution is 6.11. The van der Waals surface area contributed by atoms with E-state index in [9.17, 15) is 13.6 Å². The number of amides is 1. The summed E-state index contributed by atoms with van der Waals surface area (Å²) in [4.78, 5) is 11.3. The fourth-order valence-corrected chi connectivity index (χ4v) is 1.31. The summed E-state index contributed by atoms with van der Waals surface area (Å²) < 4.78 is 25.7. The van der Waals surface area contributed by atoms with Gasteiger partial charge in [-0.05, 0) is 12.1 Å². The van der Waals surface area contributed by atoms with E-state index in [1.165, 1.54) is 0 Å². The van der Waals surface area contributed by atoms with Crippen LogP contribution in [-0.2, 0) is 4.79 Å². The van der Waals surface area contributed by atoms with E-state index in [0.29, 0.717) is 0 Å². The minimum atomic E-state index is -0.765. The number of carbonyl (C=O) groups is 1. The first-order chi connectivity index (χ1) is 7.06. The molecule has 2 N–H and O–H groups in total. The number of nitrogens with two attached hydrogens (primary N) is 1. The molecule has 1 aliphatic heterocycles. The maximum Gasteiger partial charge on any atom is 0.255 e. The van der Waals surface area contributed by atoms with Crippen LogP contribution < -0.4 is 10.7 Å². The molecule has 0 aliphatic carbocycles. The van der Waals surface area contributed by atoms with E-state index in [0.717, 1.165) is 23.2 Å². The van der Waals surface area contributed by atoms with Crippen LogP contribution in [0.4, 0.5) is 14.5 Å². The number of nitrogens with zero attached hydrogens (tertiary/aromatic N) is 2. The summed E-state index contributed by atoms with van der Waals surface area (Å²) >= 11 is 0. The lowest BCUT2D eigenvalue weighted by Gasteiger charge is -2.11. The summed E-state index contributed by atoms with van der Waals surface area (Å²) in [6.07, 6.45) is -0.0296. The predicted molar refractivity (Wildman–Crippen MR) is 50.1 cm³/mol. The van der Waals surface area contributed by atoms with Crippen LogP contribution in [-0.4, -0.2) is 11.7 Å². The first-order valence-electron chi connectivity index (χ1n) is 4.18. The van der Waals surface area contributed by atoms with Gasteiger partial charge in [0.2, 0.25) is 0 Å². The molecule has 0 aromatic heterocycles. The molecule has 1 aromatic rings. The molecule has 0 saturated carbocycles. The van der Waals surface area contributed by atoms with Gasteiger partial charge >= 0.3 is 0 Å². The lowest BCUT2D eigenvalue weighted by molar-refractivity contribution is -0.116. The number of hydrogen-bond acceptors (Lipinski definition) is 3. The zero-order valence-electron chi connectivity index (χ0n) is 7.58. The average Bonchev–Trinajstić information content (AvgIpc) is 2.43. The number of halogens is 2. The second-order valence-corrected chi connectivity index (χ2v) is 3.10. The fraction of sp³-hybridized carbons (Fsp3) is 0.111. The molecular weight excluding hydrogens is 204 g/mol. The largest absolute Gasteiger partial charge is 0.385 e. The number of benzene rings is 1. The Balaban J connectivity index is 2.41. The van der Waals surface area contributed by atoms with Gasteiger partial charge in [-0.25, -0.2) is 8.78 Å². The molecule has 0 atom stereocenters. The van der Waals surface area contributed by atoms with Crippen molar-refractivity contribution in [2.24, 2.45) is 10.8 Å². The van der Waals surface area contributed by atoms with Crippen LogP contribution in [0, 0.1) is 11.6 Å². The first-order valence-corrected chi connectivity index (χ1v) is 4.18. The van der Waals surface area contributed by atoms with Crippen molar-refractivity contribution in [1.82, 2.24) is 0 Å². The molecule has 0 unspecified atom stereocenters. The Hall–Kier alpha value is -1.98. The Kier molecular flexibility index (Phi) is 2.11. The van der Waals surface area contributed by atoms with Crippen LogP contribution in [0.5, 0.6) is 0 Å². The number of amidine groups is 1. The van der Waals surface area contributed by atoms with E-state index < -0.39 is 17.5 Å². The van der Waals surface area contributed by atoms with Crippen LogP contribution in [0.25, 0.3) is 0 Å². The molecule has 1 aromatic carbocycles. The highest BCUT2D eigenvalue weighted by Crippen LogP contribution is 2.21. The number of carbonyl (C=O) groups excluding carboxylic acids is 1. The minimum absolute atomic E-state index is 0.0296. The lowest BCUT2D eigenvalue weighted by atomic mass is 10.3. The fourth-order valence-electron chi connectivity index (χ4n) is 1.31. The second-order valence-electron chi connectivity index (χ2n) is 3.10. The standard InChI is InChI=1S/C9H7F2N3O/c10-5-1-6(11)3-7(2-5)14-9(15)4-8(12)13-14/h1-3H,4H2,(H2,12,13). The number of hydrogen-bond donors (Lipinski definition) is 1. The quantitative estimate of drug-likeness (QED) is 0.752.